The maximum absolute atomic E-state index is 13.0. The number of likely N-dealkylation sites (tertiary alicyclic amines) is 1. The van der Waals surface area contributed by atoms with Crippen LogP contribution in [0, 0.1) is 6.92 Å². The number of hydrogen-bond acceptors (Lipinski definition) is 6. The van der Waals surface area contributed by atoms with Crippen molar-refractivity contribution in [2.45, 2.75) is 46.3 Å². The number of aliphatic hydroxyl groups excluding tert-OH is 2. The van der Waals surface area contributed by atoms with Crippen molar-refractivity contribution in [3.8, 4) is 11.5 Å². The van der Waals surface area contributed by atoms with Crippen molar-refractivity contribution in [2.75, 3.05) is 19.8 Å². The van der Waals surface area contributed by atoms with Gasteiger partial charge in [0.15, 0.2) is 0 Å². The van der Waals surface area contributed by atoms with Crippen LogP contribution < -0.4 is 9.47 Å². The summed E-state index contributed by atoms with van der Waals surface area (Å²) in [5.74, 6) is -0.375. The first-order chi connectivity index (χ1) is 15.8. The molecule has 0 saturated carbocycles. The minimum atomic E-state index is -0.741. The minimum absolute atomic E-state index is 0.00263. The van der Waals surface area contributed by atoms with Gasteiger partial charge in [-0.25, -0.2) is 0 Å². The second-order valence-corrected chi connectivity index (χ2v) is 8.28. The fourth-order valence-corrected chi connectivity index (χ4v) is 3.97. The zero-order valence-electron chi connectivity index (χ0n) is 19.5. The van der Waals surface area contributed by atoms with Crippen LogP contribution in [0.25, 0.3) is 5.76 Å². The van der Waals surface area contributed by atoms with Gasteiger partial charge in [-0.2, -0.15) is 0 Å². The van der Waals surface area contributed by atoms with Crippen LogP contribution in [-0.4, -0.2) is 52.7 Å². The molecule has 176 valence electrons. The van der Waals surface area contributed by atoms with Crippen LogP contribution in [-0.2, 0) is 9.59 Å². The second-order valence-electron chi connectivity index (χ2n) is 8.28. The van der Waals surface area contributed by atoms with Gasteiger partial charge in [-0.3, -0.25) is 9.59 Å². The lowest BCUT2D eigenvalue weighted by Gasteiger charge is -2.25. The number of Topliss-reactive ketones (excluding diaryl/α,β-unsaturated/α-hetero) is 1. The molecule has 1 aliphatic rings. The van der Waals surface area contributed by atoms with Crippen LogP contribution in [0.1, 0.15) is 49.9 Å². The standard InChI is InChI=1S/C26H31NO6/c1-5-11-27-23(18-7-6-8-20(15-18)32-13-12-28)22(25(30)26(27)31)24(29)19-9-10-21(17(4)14-19)33-16(2)3/h6-10,14-16,23,28-29H,5,11-13H2,1-4H3/b24-22+. The average molecular weight is 454 g/mol. The number of rotatable bonds is 9. The Morgan fingerprint density at radius 3 is 2.55 bits per heavy atom. The zero-order valence-corrected chi connectivity index (χ0v) is 19.5. The van der Waals surface area contributed by atoms with Crippen LogP contribution in [0.4, 0.5) is 0 Å². The van der Waals surface area contributed by atoms with Crippen LogP contribution in [0.5, 0.6) is 11.5 Å². The molecule has 0 radical (unpaired) electrons. The Morgan fingerprint density at radius 1 is 1.15 bits per heavy atom. The van der Waals surface area contributed by atoms with Gasteiger partial charge in [0.25, 0.3) is 11.7 Å². The normalized spacial score (nSPS) is 17.6. The number of carbonyl (C=O) groups is 2. The molecule has 1 saturated heterocycles. The van der Waals surface area contributed by atoms with Crippen LogP contribution in [0.2, 0.25) is 0 Å². The van der Waals surface area contributed by atoms with E-state index in [2.05, 4.69) is 0 Å². The summed E-state index contributed by atoms with van der Waals surface area (Å²) in [6.07, 6.45) is 0.660. The zero-order chi connectivity index (χ0) is 24.1. The van der Waals surface area contributed by atoms with Gasteiger partial charge in [0.05, 0.1) is 24.3 Å². The van der Waals surface area contributed by atoms with Crippen LogP contribution in [0.15, 0.2) is 48.0 Å². The molecular formula is C26H31NO6. The lowest BCUT2D eigenvalue weighted by atomic mass is 9.94. The van der Waals surface area contributed by atoms with E-state index < -0.39 is 17.7 Å². The van der Waals surface area contributed by atoms with Gasteiger partial charge in [0.1, 0.15) is 23.9 Å². The first-order valence-corrected chi connectivity index (χ1v) is 11.2. The highest BCUT2D eigenvalue weighted by Gasteiger charge is 2.45. The van der Waals surface area contributed by atoms with Gasteiger partial charge in [-0.15, -0.1) is 0 Å². The molecule has 0 aromatic heterocycles. The van der Waals surface area contributed by atoms with Crippen molar-refractivity contribution >= 4 is 17.4 Å². The second kappa shape index (κ2) is 10.5. The SMILES string of the molecule is CCCN1C(=O)C(=O)/C(=C(/O)c2ccc(OC(C)C)c(C)c2)C1c1cccc(OCCO)c1. The molecule has 0 bridgehead atoms. The fraction of sp³-hybridized carbons (Fsp3) is 0.385. The molecule has 3 rings (SSSR count). The number of ketones is 1. The van der Waals surface area contributed by atoms with Crippen molar-refractivity contribution in [2.24, 2.45) is 0 Å². The summed E-state index contributed by atoms with van der Waals surface area (Å²) in [7, 11) is 0. The van der Waals surface area contributed by atoms with Crippen molar-refractivity contribution in [3.05, 3.63) is 64.7 Å². The number of benzene rings is 2. The van der Waals surface area contributed by atoms with Gasteiger partial charge < -0.3 is 24.6 Å². The summed E-state index contributed by atoms with van der Waals surface area (Å²) in [4.78, 5) is 27.4. The molecule has 1 heterocycles. The molecular weight excluding hydrogens is 422 g/mol. The van der Waals surface area contributed by atoms with E-state index in [4.69, 9.17) is 14.6 Å². The number of ether oxygens (including phenoxy) is 2. The highest BCUT2D eigenvalue weighted by molar-refractivity contribution is 6.46. The van der Waals surface area contributed by atoms with Gasteiger partial charge in [-0.1, -0.05) is 19.1 Å². The average Bonchev–Trinajstić information content (AvgIpc) is 3.03. The molecule has 1 amide bonds. The minimum Gasteiger partial charge on any atom is -0.507 e. The Labute approximate surface area is 194 Å². The maximum Gasteiger partial charge on any atom is 0.295 e. The predicted molar refractivity (Wildman–Crippen MR) is 125 cm³/mol. The van der Waals surface area contributed by atoms with E-state index >= 15 is 0 Å². The Kier molecular flexibility index (Phi) is 7.76. The highest BCUT2D eigenvalue weighted by atomic mass is 16.5. The van der Waals surface area contributed by atoms with Crippen molar-refractivity contribution in [3.63, 3.8) is 0 Å². The van der Waals surface area contributed by atoms with Gasteiger partial charge in [0.2, 0.25) is 0 Å². The summed E-state index contributed by atoms with van der Waals surface area (Å²) in [6.45, 7) is 8.02. The van der Waals surface area contributed by atoms with Gasteiger partial charge >= 0.3 is 0 Å². The number of aryl methyl sites for hydroxylation is 1. The largest absolute Gasteiger partial charge is 0.507 e. The topological polar surface area (TPSA) is 96.3 Å². The number of nitrogens with zero attached hydrogens (tertiary/aromatic N) is 1. The maximum atomic E-state index is 13.0. The number of hydrogen-bond donors (Lipinski definition) is 2. The summed E-state index contributed by atoms with van der Waals surface area (Å²) in [6, 6.07) is 11.5. The molecule has 1 aliphatic heterocycles. The first-order valence-electron chi connectivity index (χ1n) is 11.2. The molecule has 1 fully saturated rings. The molecule has 2 N–H and O–H groups in total. The quantitative estimate of drug-likeness (QED) is 0.339. The first kappa shape index (κ1) is 24.3. The molecule has 1 atom stereocenters. The van der Waals surface area contributed by atoms with Crippen molar-refractivity contribution in [1.82, 2.24) is 4.90 Å². The molecule has 7 nitrogen and oxygen atoms in total. The molecule has 0 aliphatic carbocycles. The van der Waals surface area contributed by atoms with Gasteiger partial charge in [0, 0.05) is 12.1 Å². The van der Waals surface area contributed by atoms with Crippen molar-refractivity contribution in [1.29, 1.82) is 0 Å². The van der Waals surface area contributed by atoms with E-state index in [0.29, 0.717) is 35.6 Å². The van der Waals surface area contributed by atoms with Crippen molar-refractivity contribution < 1.29 is 29.3 Å². The van der Waals surface area contributed by atoms with E-state index in [1.165, 1.54) is 4.90 Å². The Morgan fingerprint density at radius 2 is 1.91 bits per heavy atom. The van der Waals surface area contributed by atoms with Gasteiger partial charge in [-0.05, 0) is 68.7 Å². The molecule has 2 aromatic carbocycles. The summed E-state index contributed by atoms with van der Waals surface area (Å²) >= 11 is 0. The third-order valence-electron chi connectivity index (χ3n) is 5.35. The van der Waals surface area contributed by atoms with E-state index in [0.717, 1.165) is 5.56 Å². The molecule has 2 aromatic rings. The lowest BCUT2D eigenvalue weighted by Crippen LogP contribution is -2.30. The Bertz CT molecular complexity index is 1060. The molecule has 7 heteroatoms. The molecule has 1 unspecified atom stereocenters. The smallest absolute Gasteiger partial charge is 0.295 e. The Balaban J connectivity index is 2.11. The van der Waals surface area contributed by atoms with Crippen LogP contribution in [0.3, 0.4) is 0 Å². The Hall–Kier alpha value is -3.32. The van der Waals surface area contributed by atoms with E-state index in [1.54, 1.807) is 42.5 Å². The summed E-state index contributed by atoms with van der Waals surface area (Å²) in [5.41, 5.74) is 1.95. The fourth-order valence-electron chi connectivity index (χ4n) is 3.97. The molecule has 0 spiro atoms. The summed E-state index contributed by atoms with van der Waals surface area (Å²) in [5, 5.41) is 20.3. The van der Waals surface area contributed by atoms with Crippen LogP contribution >= 0.6 is 0 Å². The number of carbonyl (C=O) groups excluding carboxylic acids is 2. The monoisotopic (exact) mass is 453 g/mol. The highest BCUT2D eigenvalue weighted by Crippen LogP contribution is 2.40. The van der Waals surface area contributed by atoms with E-state index in [9.17, 15) is 14.7 Å². The van der Waals surface area contributed by atoms with E-state index in [1.807, 2.05) is 27.7 Å². The lowest BCUT2D eigenvalue weighted by molar-refractivity contribution is -0.139. The number of aliphatic hydroxyl groups is 2. The third-order valence-corrected chi connectivity index (χ3v) is 5.35. The van der Waals surface area contributed by atoms with E-state index in [-0.39, 0.29) is 30.6 Å². The number of amides is 1. The third kappa shape index (κ3) is 5.20. The molecule has 33 heavy (non-hydrogen) atoms. The predicted octanol–water partition coefficient (Wildman–Crippen LogP) is 3.99. The summed E-state index contributed by atoms with van der Waals surface area (Å²) < 4.78 is 11.3.